The summed E-state index contributed by atoms with van der Waals surface area (Å²) in [6, 6.07) is 0. The second-order valence-electron chi connectivity index (χ2n) is 7.37. The summed E-state index contributed by atoms with van der Waals surface area (Å²) in [7, 11) is 0. The first-order valence-electron chi connectivity index (χ1n) is 8.85. The molecule has 5 aliphatic heterocycles. The molecule has 36 heavy (non-hydrogen) atoms. The third-order valence-electron chi connectivity index (χ3n) is 5.82. The van der Waals surface area contributed by atoms with Crippen LogP contribution in [0, 0.1) is 40.5 Å². The fourth-order valence-corrected chi connectivity index (χ4v) is 4.90. The minimum atomic E-state index is -6.03. The molecule has 0 aromatic heterocycles. The average molecular weight is 540 g/mol. The number of amides is 2. The number of carbonyl (C=O) groups is 2. The van der Waals surface area contributed by atoms with Crippen LogP contribution in [-0.2, 0) is 9.59 Å². The Morgan fingerprint density at radius 3 is 0.861 bits per heavy atom. The van der Waals surface area contributed by atoms with Crippen molar-refractivity contribution in [3.8, 4) is 0 Å². The molecule has 0 saturated carbocycles. The zero-order valence-electron chi connectivity index (χ0n) is 16.3. The van der Waals surface area contributed by atoms with Crippen molar-refractivity contribution in [2.45, 2.75) is 49.3 Å². The minimum absolute atomic E-state index is 0.623. The molecule has 6 atom stereocenters. The molecule has 5 aliphatic rings. The number of piperazine rings is 1. The van der Waals surface area contributed by atoms with Crippen LogP contribution in [0.2, 0.25) is 0 Å². The van der Waals surface area contributed by atoms with Crippen molar-refractivity contribution in [3.63, 3.8) is 0 Å². The molecule has 0 radical (unpaired) electrons. The van der Waals surface area contributed by atoms with Gasteiger partial charge in [0.2, 0.25) is 24.7 Å². The van der Waals surface area contributed by atoms with Gasteiger partial charge in [0.05, 0.1) is 0 Å². The fraction of sp³-hybridized carbons (Fsp3) is 0.800. The van der Waals surface area contributed by atoms with Crippen LogP contribution in [0.15, 0.2) is 0 Å². The van der Waals surface area contributed by atoms with Gasteiger partial charge in [-0.25, -0.2) is 40.5 Å². The number of hydrogen-bond donors (Lipinski definition) is 0. The van der Waals surface area contributed by atoms with Gasteiger partial charge >= 0.3 is 24.2 Å². The van der Waals surface area contributed by atoms with Crippen molar-refractivity contribution >= 4 is 11.8 Å². The number of nitro groups is 4. The van der Waals surface area contributed by atoms with Gasteiger partial charge in [-0.05, 0) is 0 Å². The molecule has 5 heterocycles. The summed E-state index contributed by atoms with van der Waals surface area (Å²) in [6.07, 6.45) is -30.1. The van der Waals surface area contributed by atoms with E-state index >= 15 is 0 Å². The van der Waals surface area contributed by atoms with Crippen LogP contribution in [0.5, 0.6) is 0 Å². The highest BCUT2D eigenvalue weighted by Gasteiger charge is 2.87. The second kappa shape index (κ2) is 6.93. The number of hydrazine groups is 4. The molecule has 5 saturated heterocycles. The third kappa shape index (κ3) is 2.82. The van der Waals surface area contributed by atoms with E-state index in [1.54, 1.807) is 0 Å². The normalized spacial score (nSPS) is 30.7. The van der Waals surface area contributed by atoms with Gasteiger partial charge < -0.3 is 0 Å². The van der Waals surface area contributed by atoms with Gasteiger partial charge in [-0.3, -0.25) is 19.4 Å². The van der Waals surface area contributed by atoms with Crippen molar-refractivity contribution in [1.82, 2.24) is 29.8 Å². The molecule has 6 unspecified atom stereocenters. The summed E-state index contributed by atoms with van der Waals surface area (Å²) in [5, 5.41) is 37.7. The molecule has 0 N–H and O–H groups in total. The molecule has 0 aromatic rings. The molecule has 20 nitrogen and oxygen atoms in total. The highest BCUT2D eigenvalue weighted by molar-refractivity contribution is 5.85. The number of rotatable bonds is 4. The standard InChI is InChI=1S/C10H6F6N10O10/c11-9(12,13)7(27)17-1-2-18(8(28)10(14,15)16)4-6(20(2)24(31)32)21(25(33)34)3(17)5(19(1)23(29)30)22(4)26(35)36/h1-6H. The lowest BCUT2D eigenvalue weighted by Gasteiger charge is -2.43. The van der Waals surface area contributed by atoms with E-state index in [0.717, 1.165) is 0 Å². The minimum Gasteiger partial charge on any atom is -0.275 e. The van der Waals surface area contributed by atoms with E-state index in [1.807, 2.05) is 0 Å². The molecule has 0 aliphatic carbocycles. The number of halogens is 6. The quantitative estimate of drug-likeness (QED) is 0.209. The average Bonchev–Trinajstić information content (AvgIpc) is 3.13. The molecule has 6 bridgehead atoms. The molecular formula is C10H6F6N10O10. The highest BCUT2D eigenvalue weighted by atomic mass is 19.4. The maximum Gasteiger partial charge on any atom is 0.471 e. The van der Waals surface area contributed by atoms with Crippen molar-refractivity contribution in [2.75, 3.05) is 0 Å². The second-order valence-corrected chi connectivity index (χ2v) is 7.37. The molecule has 2 amide bonds. The first kappa shape index (κ1) is 24.4. The van der Waals surface area contributed by atoms with Gasteiger partial charge in [-0.2, -0.15) is 26.3 Å². The third-order valence-corrected chi connectivity index (χ3v) is 5.82. The Balaban J connectivity index is 2.14. The topological polar surface area (TPSA) is 226 Å². The molecule has 26 heteroatoms. The van der Waals surface area contributed by atoms with Crippen molar-refractivity contribution < 1.29 is 56.1 Å². The van der Waals surface area contributed by atoms with Crippen LogP contribution >= 0.6 is 0 Å². The lowest BCUT2D eigenvalue weighted by Crippen LogP contribution is -2.77. The number of alkyl halides is 6. The van der Waals surface area contributed by atoms with Crippen LogP contribution in [0.1, 0.15) is 0 Å². The van der Waals surface area contributed by atoms with E-state index in [9.17, 15) is 76.4 Å². The number of carbonyl (C=O) groups excluding carboxylic acids is 2. The van der Waals surface area contributed by atoms with Crippen molar-refractivity contribution in [1.29, 1.82) is 0 Å². The molecular weight excluding hydrogens is 534 g/mol. The van der Waals surface area contributed by atoms with E-state index < -0.39 is 111 Å². The van der Waals surface area contributed by atoms with Crippen LogP contribution in [0.4, 0.5) is 26.3 Å². The fourth-order valence-electron chi connectivity index (χ4n) is 4.90. The van der Waals surface area contributed by atoms with Gasteiger partial charge in [-0.1, -0.05) is 20.0 Å². The summed E-state index contributed by atoms with van der Waals surface area (Å²) in [5.74, 6) is -6.34. The SMILES string of the molecule is O=C(N1C2C3N(C(=O)C(F)(F)F)C4C(N3[N+](=O)[O-])N([N+](=O)[O-])C1C(N2[N+](=O)[O-])N4[N+](=O)[O-])C(F)(F)F. The maximum atomic E-state index is 13.4. The molecule has 5 fully saturated rings. The smallest absolute Gasteiger partial charge is 0.275 e. The van der Waals surface area contributed by atoms with Crippen LogP contribution < -0.4 is 0 Å². The van der Waals surface area contributed by atoms with Gasteiger partial charge in [0, 0.05) is 0 Å². The van der Waals surface area contributed by atoms with Crippen LogP contribution in [-0.4, -0.2) is 111 Å². The van der Waals surface area contributed by atoms with Gasteiger partial charge in [0.1, 0.15) is 0 Å². The molecule has 0 spiro atoms. The Morgan fingerprint density at radius 2 is 0.694 bits per heavy atom. The van der Waals surface area contributed by atoms with E-state index in [1.165, 1.54) is 0 Å². The zero-order chi connectivity index (χ0) is 27.4. The van der Waals surface area contributed by atoms with Gasteiger partial charge in [0.25, 0.3) is 12.3 Å². The molecule has 5 rings (SSSR count). The van der Waals surface area contributed by atoms with E-state index in [2.05, 4.69) is 0 Å². The zero-order valence-corrected chi connectivity index (χ0v) is 16.3. The Morgan fingerprint density at radius 1 is 0.500 bits per heavy atom. The number of nitrogens with zero attached hydrogens (tertiary/aromatic N) is 10. The summed E-state index contributed by atoms with van der Waals surface area (Å²) in [6.45, 7) is 0. The lowest BCUT2D eigenvalue weighted by molar-refractivity contribution is -0.783. The van der Waals surface area contributed by atoms with Crippen molar-refractivity contribution in [2.24, 2.45) is 0 Å². The Hall–Kier alpha value is -4.68. The van der Waals surface area contributed by atoms with Gasteiger partial charge in [0.15, 0.2) is 20.1 Å². The van der Waals surface area contributed by atoms with Gasteiger partial charge in [-0.15, -0.1) is 0 Å². The van der Waals surface area contributed by atoms with Crippen molar-refractivity contribution in [3.05, 3.63) is 40.5 Å². The van der Waals surface area contributed by atoms with E-state index in [-0.39, 0.29) is 0 Å². The maximum absolute atomic E-state index is 13.4. The van der Waals surface area contributed by atoms with Crippen LogP contribution in [0.25, 0.3) is 0 Å². The lowest BCUT2D eigenvalue weighted by atomic mass is 10.1. The Labute approximate surface area is 188 Å². The van der Waals surface area contributed by atoms with E-state index in [4.69, 9.17) is 0 Å². The molecule has 0 aromatic carbocycles. The largest absolute Gasteiger partial charge is 0.471 e. The van der Waals surface area contributed by atoms with E-state index in [0.29, 0.717) is 0 Å². The Kier molecular flexibility index (Phi) is 4.71. The summed E-state index contributed by atoms with van der Waals surface area (Å²) in [4.78, 5) is 70.1. The first-order chi connectivity index (χ1) is 16.4. The predicted molar refractivity (Wildman–Crippen MR) is 83.9 cm³/mol. The number of hydrogen-bond acceptors (Lipinski definition) is 10. The summed E-state index contributed by atoms with van der Waals surface area (Å²) in [5.41, 5.74) is 0. The first-order valence-corrected chi connectivity index (χ1v) is 8.85. The summed E-state index contributed by atoms with van der Waals surface area (Å²) < 4.78 is 80.5. The Bertz CT molecular complexity index is 1020. The predicted octanol–water partition coefficient (Wildman–Crippen LogP) is -2.25. The monoisotopic (exact) mass is 540 g/mol. The summed E-state index contributed by atoms with van der Waals surface area (Å²) >= 11 is 0. The highest BCUT2D eigenvalue weighted by Crippen LogP contribution is 2.52. The van der Waals surface area contributed by atoms with Crippen LogP contribution in [0.3, 0.4) is 0 Å². The molecule has 198 valence electrons.